The summed E-state index contributed by atoms with van der Waals surface area (Å²) in [7, 11) is 0. The van der Waals surface area contributed by atoms with Crippen LogP contribution < -0.4 is 0 Å². The first-order valence-electron chi connectivity index (χ1n) is 10.6. The number of unbranched alkanes of at least 4 members (excludes halogenated alkanes) is 5. The molecule has 4 heteroatoms. The Morgan fingerprint density at radius 1 is 0.815 bits per heavy atom. The van der Waals surface area contributed by atoms with Crippen LogP contribution >= 0.6 is 0 Å². The average molecular weight is 376 g/mol. The van der Waals surface area contributed by atoms with E-state index in [1.165, 1.54) is 32.1 Å². The molecule has 0 aliphatic carbocycles. The van der Waals surface area contributed by atoms with E-state index in [1.807, 2.05) is 45.0 Å². The van der Waals surface area contributed by atoms with Crippen LogP contribution in [0.5, 0.6) is 0 Å². The fraction of sp³-hybridized carbons (Fsp3) is 0.696. The summed E-state index contributed by atoms with van der Waals surface area (Å²) in [5.41, 5.74) is 1.75. The molecule has 152 valence electrons. The van der Waals surface area contributed by atoms with Crippen molar-refractivity contribution in [3.05, 3.63) is 35.4 Å². The Balaban J connectivity index is 3.02. The number of hydrogen-bond acceptors (Lipinski definition) is 4. The van der Waals surface area contributed by atoms with E-state index in [-0.39, 0.29) is 5.92 Å². The highest BCUT2D eigenvalue weighted by molar-refractivity contribution is 5.33. The molecule has 0 bridgehead atoms. The minimum Gasteiger partial charge on any atom is -0.327 e. The Morgan fingerprint density at radius 2 is 1.33 bits per heavy atom. The number of ether oxygens (including phenoxy) is 3. The van der Waals surface area contributed by atoms with Crippen molar-refractivity contribution in [2.45, 2.75) is 84.5 Å². The van der Waals surface area contributed by atoms with Crippen LogP contribution in [0.4, 0.5) is 0 Å². The van der Waals surface area contributed by atoms with Crippen molar-refractivity contribution in [3.63, 3.8) is 0 Å². The Hall–Kier alpha value is -1.41. The van der Waals surface area contributed by atoms with Gasteiger partial charge in [-0.2, -0.15) is 5.26 Å². The summed E-state index contributed by atoms with van der Waals surface area (Å²) in [5, 5.41) is 9.10. The van der Waals surface area contributed by atoms with Crippen LogP contribution in [0.15, 0.2) is 24.3 Å². The maximum atomic E-state index is 9.10. The van der Waals surface area contributed by atoms with E-state index in [1.54, 1.807) is 0 Å². The van der Waals surface area contributed by atoms with E-state index in [0.717, 1.165) is 18.4 Å². The first-order valence-corrected chi connectivity index (χ1v) is 10.6. The molecule has 0 N–H and O–H groups in total. The van der Waals surface area contributed by atoms with Gasteiger partial charge >= 0.3 is 0 Å². The van der Waals surface area contributed by atoms with Crippen LogP contribution in [0.2, 0.25) is 0 Å². The van der Waals surface area contributed by atoms with Gasteiger partial charge in [0, 0.05) is 19.8 Å². The third-order valence-corrected chi connectivity index (χ3v) is 4.75. The second-order valence-corrected chi connectivity index (χ2v) is 6.75. The summed E-state index contributed by atoms with van der Waals surface area (Å²) in [6.07, 6.45) is 8.36. The number of benzene rings is 1. The molecular weight excluding hydrogens is 338 g/mol. The lowest BCUT2D eigenvalue weighted by Gasteiger charge is -2.39. The highest BCUT2D eigenvalue weighted by Gasteiger charge is 2.42. The maximum Gasteiger partial charge on any atom is 0.290 e. The number of rotatable bonds is 15. The lowest BCUT2D eigenvalue weighted by atomic mass is 9.89. The Labute approximate surface area is 165 Å². The summed E-state index contributed by atoms with van der Waals surface area (Å²) in [4.78, 5) is 0. The van der Waals surface area contributed by atoms with Gasteiger partial charge in [0.2, 0.25) is 0 Å². The third-order valence-electron chi connectivity index (χ3n) is 4.75. The molecule has 1 atom stereocenters. The minimum absolute atomic E-state index is 0.0312. The van der Waals surface area contributed by atoms with Crippen LogP contribution in [0.1, 0.15) is 89.7 Å². The van der Waals surface area contributed by atoms with E-state index in [4.69, 9.17) is 19.5 Å². The van der Waals surface area contributed by atoms with Crippen molar-refractivity contribution in [2.24, 2.45) is 0 Å². The predicted molar refractivity (Wildman–Crippen MR) is 110 cm³/mol. The van der Waals surface area contributed by atoms with Gasteiger partial charge < -0.3 is 14.2 Å². The van der Waals surface area contributed by atoms with Crippen molar-refractivity contribution in [1.82, 2.24) is 0 Å². The molecule has 0 fully saturated rings. The molecule has 0 aliphatic heterocycles. The second-order valence-electron chi connectivity index (χ2n) is 6.75. The summed E-state index contributed by atoms with van der Waals surface area (Å²) in [6.45, 7) is 9.69. The van der Waals surface area contributed by atoms with Crippen molar-refractivity contribution < 1.29 is 14.2 Å². The van der Waals surface area contributed by atoms with E-state index in [9.17, 15) is 0 Å². The maximum absolute atomic E-state index is 9.10. The average Bonchev–Trinajstić information content (AvgIpc) is 2.68. The molecule has 0 radical (unpaired) electrons. The molecule has 1 aromatic rings. The zero-order valence-corrected chi connectivity index (χ0v) is 17.6. The Morgan fingerprint density at radius 3 is 1.81 bits per heavy atom. The zero-order chi connectivity index (χ0) is 20.0. The zero-order valence-electron chi connectivity index (χ0n) is 17.6. The highest BCUT2D eigenvalue weighted by atomic mass is 16.9. The molecule has 1 aromatic carbocycles. The monoisotopic (exact) mass is 375 g/mol. The normalized spacial score (nSPS) is 12.7. The quantitative estimate of drug-likeness (QED) is 0.272. The number of nitriles is 1. The standard InChI is InChI=1S/C23H37NO3/c1-5-9-10-11-12-13-14-22(21-17-15-20(19-24)16-18-21)23(25-6-2,26-7-3)27-8-4/h15-18,22H,5-14H2,1-4H3. The van der Waals surface area contributed by atoms with Crippen LogP contribution in [-0.2, 0) is 14.2 Å². The first-order chi connectivity index (χ1) is 13.2. The molecular formula is C23H37NO3. The molecule has 1 unspecified atom stereocenters. The smallest absolute Gasteiger partial charge is 0.290 e. The number of hydrogen-bond donors (Lipinski definition) is 0. The van der Waals surface area contributed by atoms with Gasteiger partial charge in [-0.3, -0.25) is 0 Å². The van der Waals surface area contributed by atoms with Gasteiger partial charge in [-0.25, -0.2) is 0 Å². The third kappa shape index (κ3) is 7.62. The topological polar surface area (TPSA) is 51.5 Å². The van der Waals surface area contributed by atoms with Crippen molar-refractivity contribution >= 4 is 0 Å². The summed E-state index contributed by atoms with van der Waals surface area (Å²) in [5.74, 6) is -1.10. The molecule has 0 aromatic heterocycles. The molecule has 0 saturated heterocycles. The van der Waals surface area contributed by atoms with Crippen molar-refractivity contribution in [2.75, 3.05) is 19.8 Å². The van der Waals surface area contributed by atoms with Crippen LogP contribution in [0, 0.1) is 11.3 Å². The Bertz CT molecular complexity index is 519. The van der Waals surface area contributed by atoms with Crippen molar-refractivity contribution in [1.29, 1.82) is 5.26 Å². The summed E-state index contributed by atoms with van der Waals surface area (Å²) < 4.78 is 18.2. The first kappa shape index (κ1) is 23.6. The molecule has 0 saturated carbocycles. The molecule has 0 aliphatic rings. The molecule has 1 rings (SSSR count). The SMILES string of the molecule is CCCCCCCCC(c1ccc(C#N)cc1)C(OCC)(OCC)OCC. The van der Waals surface area contributed by atoms with E-state index < -0.39 is 5.97 Å². The minimum atomic E-state index is -1.07. The highest BCUT2D eigenvalue weighted by Crippen LogP contribution is 2.38. The molecule has 0 heterocycles. The van der Waals surface area contributed by atoms with Gasteiger partial charge in [0.05, 0.1) is 17.6 Å². The largest absolute Gasteiger partial charge is 0.327 e. The molecule has 0 spiro atoms. The lowest BCUT2D eigenvalue weighted by molar-refractivity contribution is -0.389. The molecule has 27 heavy (non-hydrogen) atoms. The van der Waals surface area contributed by atoms with Gasteiger partial charge in [0.15, 0.2) is 0 Å². The van der Waals surface area contributed by atoms with Gasteiger partial charge in [-0.05, 0) is 44.9 Å². The summed E-state index contributed by atoms with van der Waals surface area (Å²) in [6, 6.07) is 9.92. The predicted octanol–water partition coefficient (Wildman–Crippen LogP) is 6.16. The molecule has 4 nitrogen and oxygen atoms in total. The fourth-order valence-corrected chi connectivity index (χ4v) is 3.50. The lowest BCUT2D eigenvalue weighted by Crippen LogP contribution is -2.45. The van der Waals surface area contributed by atoms with Gasteiger partial charge in [-0.15, -0.1) is 0 Å². The van der Waals surface area contributed by atoms with Gasteiger partial charge in [-0.1, -0.05) is 57.6 Å². The van der Waals surface area contributed by atoms with Crippen molar-refractivity contribution in [3.8, 4) is 6.07 Å². The second kappa shape index (κ2) is 13.7. The Kier molecular flexibility index (Phi) is 12.0. The van der Waals surface area contributed by atoms with Crippen LogP contribution in [-0.4, -0.2) is 25.8 Å². The number of nitrogens with zero attached hydrogens (tertiary/aromatic N) is 1. The van der Waals surface area contributed by atoms with E-state index >= 15 is 0 Å². The van der Waals surface area contributed by atoms with Gasteiger partial charge in [0.25, 0.3) is 5.97 Å². The molecule has 0 amide bonds. The van der Waals surface area contributed by atoms with E-state index in [2.05, 4.69) is 13.0 Å². The van der Waals surface area contributed by atoms with Crippen LogP contribution in [0.3, 0.4) is 0 Å². The van der Waals surface area contributed by atoms with Gasteiger partial charge in [0.1, 0.15) is 0 Å². The summed E-state index contributed by atoms with van der Waals surface area (Å²) >= 11 is 0. The van der Waals surface area contributed by atoms with E-state index in [0.29, 0.717) is 25.4 Å². The van der Waals surface area contributed by atoms with Crippen LogP contribution in [0.25, 0.3) is 0 Å². The fourth-order valence-electron chi connectivity index (χ4n) is 3.50.